The minimum Gasteiger partial charge on any atom is -0.439 e. The lowest BCUT2D eigenvalue weighted by molar-refractivity contribution is -0.121. The Morgan fingerprint density at radius 3 is 3.00 bits per heavy atom. The molecule has 6 heteroatoms. The fourth-order valence-electron chi connectivity index (χ4n) is 1.81. The van der Waals surface area contributed by atoms with Crippen LogP contribution in [-0.2, 0) is 11.3 Å². The number of nitrogens with one attached hydrogen (secondary N) is 1. The molecule has 1 aromatic carbocycles. The monoisotopic (exact) mass is 262 g/mol. The largest absolute Gasteiger partial charge is 0.439 e. The number of anilines is 1. The summed E-state index contributed by atoms with van der Waals surface area (Å²) in [5.41, 5.74) is 7.81. The van der Waals surface area contributed by atoms with Gasteiger partial charge in [0.15, 0.2) is 5.58 Å². The van der Waals surface area contributed by atoms with Crippen molar-refractivity contribution in [3.8, 4) is 0 Å². The van der Waals surface area contributed by atoms with Crippen molar-refractivity contribution in [1.82, 2.24) is 15.2 Å². The molecule has 1 amide bonds. The van der Waals surface area contributed by atoms with E-state index in [1.165, 1.54) is 0 Å². The van der Waals surface area contributed by atoms with E-state index < -0.39 is 0 Å². The number of oxazole rings is 1. The van der Waals surface area contributed by atoms with Gasteiger partial charge in [-0.25, -0.2) is 4.98 Å². The minimum absolute atomic E-state index is 0.0257. The number of benzene rings is 1. The lowest BCUT2D eigenvalue weighted by Gasteiger charge is -2.16. The third kappa shape index (κ3) is 3.23. The van der Waals surface area contributed by atoms with Crippen LogP contribution in [-0.4, -0.2) is 35.9 Å². The third-order valence-electron chi connectivity index (χ3n) is 2.91. The van der Waals surface area contributed by atoms with E-state index in [9.17, 15) is 4.79 Å². The van der Waals surface area contributed by atoms with Crippen molar-refractivity contribution in [3.05, 3.63) is 24.1 Å². The highest BCUT2D eigenvalue weighted by molar-refractivity contribution is 5.78. The van der Waals surface area contributed by atoms with Crippen LogP contribution in [0.5, 0.6) is 0 Å². The Bertz CT molecular complexity index is 579. The number of aromatic nitrogens is 1. The predicted octanol–water partition coefficient (Wildman–Crippen LogP) is 0.978. The Labute approximate surface area is 111 Å². The van der Waals surface area contributed by atoms with E-state index >= 15 is 0 Å². The van der Waals surface area contributed by atoms with Crippen LogP contribution in [0.25, 0.3) is 11.1 Å². The van der Waals surface area contributed by atoms with Gasteiger partial charge in [-0.15, -0.1) is 0 Å². The maximum absolute atomic E-state index is 11.4. The van der Waals surface area contributed by atoms with E-state index in [1.54, 1.807) is 25.2 Å². The molecule has 6 nitrogen and oxygen atoms in total. The summed E-state index contributed by atoms with van der Waals surface area (Å²) >= 11 is 0. The van der Waals surface area contributed by atoms with Gasteiger partial charge in [0, 0.05) is 12.7 Å². The molecule has 0 saturated carbocycles. The molecule has 3 N–H and O–H groups in total. The summed E-state index contributed by atoms with van der Waals surface area (Å²) in [6.07, 6.45) is 0. The number of nitrogens with two attached hydrogens (primary N) is 1. The molecule has 0 atom stereocenters. The number of hydrogen-bond donors (Lipinski definition) is 2. The molecule has 0 bridgehead atoms. The Kier molecular flexibility index (Phi) is 4.01. The lowest BCUT2D eigenvalue weighted by Crippen LogP contribution is -2.35. The summed E-state index contributed by atoms with van der Waals surface area (Å²) < 4.78 is 5.63. The molecule has 0 saturated heterocycles. The zero-order valence-corrected chi connectivity index (χ0v) is 11.1. The van der Waals surface area contributed by atoms with Crippen molar-refractivity contribution in [2.75, 3.05) is 25.9 Å². The number of carbonyl (C=O) groups is 1. The first kappa shape index (κ1) is 13.4. The smallest absolute Gasteiger partial charge is 0.233 e. The van der Waals surface area contributed by atoms with Crippen LogP contribution in [0.3, 0.4) is 0 Å². The number of rotatable bonds is 5. The van der Waals surface area contributed by atoms with Gasteiger partial charge in [0.1, 0.15) is 5.52 Å². The Morgan fingerprint density at radius 2 is 2.32 bits per heavy atom. The highest BCUT2D eigenvalue weighted by Crippen LogP contribution is 2.19. The first-order valence-corrected chi connectivity index (χ1v) is 6.20. The van der Waals surface area contributed by atoms with Crippen LogP contribution in [0.4, 0.5) is 5.69 Å². The van der Waals surface area contributed by atoms with Gasteiger partial charge in [0.2, 0.25) is 11.8 Å². The molecule has 0 aliphatic rings. The second-order valence-electron chi connectivity index (χ2n) is 4.31. The van der Waals surface area contributed by atoms with Gasteiger partial charge in [-0.2, -0.15) is 0 Å². The van der Waals surface area contributed by atoms with Crippen molar-refractivity contribution in [1.29, 1.82) is 0 Å². The number of fused-ring (bicyclic) bond motifs is 1. The Morgan fingerprint density at radius 1 is 1.53 bits per heavy atom. The molecule has 0 spiro atoms. The lowest BCUT2D eigenvalue weighted by atomic mass is 10.3. The van der Waals surface area contributed by atoms with Gasteiger partial charge in [-0.05, 0) is 24.7 Å². The minimum atomic E-state index is -0.0257. The van der Waals surface area contributed by atoms with Crippen molar-refractivity contribution in [3.63, 3.8) is 0 Å². The summed E-state index contributed by atoms with van der Waals surface area (Å²) in [4.78, 5) is 17.7. The molecule has 0 aliphatic carbocycles. The topological polar surface area (TPSA) is 84.4 Å². The molecule has 0 unspecified atom stereocenters. The average Bonchev–Trinajstić information content (AvgIpc) is 2.79. The van der Waals surface area contributed by atoms with Gasteiger partial charge < -0.3 is 15.5 Å². The van der Waals surface area contributed by atoms with Gasteiger partial charge in [0.25, 0.3) is 0 Å². The molecule has 1 aromatic heterocycles. The van der Waals surface area contributed by atoms with Crippen LogP contribution in [0.2, 0.25) is 0 Å². The van der Waals surface area contributed by atoms with E-state index in [-0.39, 0.29) is 5.91 Å². The van der Waals surface area contributed by atoms with Gasteiger partial charge in [-0.3, -0.25) is 9.69 Å². The quantitative estimate of drug-likeness (QED) is 0.785. The number of hydrogen-bond acceptors (Lipinski definition) is 5. The second kappa shape index (κ2) is 5.71. The van der Waals surface area contributed by atoms with Crippen LogP contribution in [0.1, 0.15) is 12.8 Å². The average molecular weight is 262 g/mol. The van der Waals surface area contributed by atoms with Crippen LogP contribution < -0.4 is 11.1 Å². The molecule has 19 heavy (non-hydrogen) atoms. The fourth-order valence-corrected chi connectivity index (χ4v) is 1.81. The molecule has 0 radical (unpaired) electrons. The van der Waals surface area contributed by atoms with E-state index in [4.69, 9.17) is 10.2 Å². The van der Waals surface area contributed by atoms with E-state index in [2.05, 4.69) is 10.3 Å². The Balaban J connectivity index is 2.13. The van der Waals surface area contributed by atoms with Crippen molar-refractivity contribution in [2.24, 2.45) is 0 Å². The van der Waals surface area contributed by atoms with Crippen molar-refractivity contribution >= 4 is 22.7 Å². The SMILES string of the molecule is CCN(CC(=O)NC)Cc1nc2cc(N)ccc2o1. The first-order valence-electron chi connectivity index (χ1n) is 6.20. The standard InChI is InChI=1S/C13H18N4O2/c1-3-17(7-12(18)15-2)8-13-16-10-6-9(14)4-5-11(10)19-13/h4-6H,3,7-8,14H2,1-2H3,(H,15,18). The normalized spacial score (nSPS) is 11.1. The van der Waals surface area contributed by atoms with Gasteiger partial charge >= 0.3 is 0 Å². The first-order chi connectivity index (χ1) is 9.12. The molecule has 1 heterocycles. The highest BCUT2D eigenvalue weighted by atomic mass is 16.3. The molecule has 2 rings (SSSR count). The van der Waals surface area contributed by atoms with Gasteiger partial charge in [0.05, 0.1) is 13.1 Å². The maximum Gasteiger partial charge on any atom is 0.233 e. The number of nitrogens with zero attached hydrogens (tertiary/aromatic N) is 2. The fraction of sp³-hybridized carbons (Fsp3) is 0.385. The van der Waals surface area contributed by atoms with E-state index in [0.717, 1.165) is 12.1 Å². The molecular weight excluding hydrogens is 244 g/mol. The zero-order chi connectivity index (χ0) is 13.8. The summed E-state index contributed by atoms with van der Waals surface area (Å²) in [6, 6.07) is 5.35. The number of carbonyl (C=O) groups excluding carboxylic acids is 1. The van der Waals surface area contributed by atoms with Crippen LogP contribution >= 0.6 is 0 Å². The van der Waals surface area contributed by atoms with Crippen molar-refractivity contribution < 1.29 is 9.21 Å². The highest BCUT2D eigenvalue weighted by Gasteiger charge is 2.12. The van der Waals surface area contributed by atoms with Crippen LogP contribution in [0, 0.1) is 0 Å². The van der Waals surface area contributed by atoms with Crippen molar-refractivity contribution in [2.45, 2.75) is 13.5 Å². The molecule has 0 aliphatic heterocycles. The molecule has 2 aromatic rings. The number of amides is 1. The molecule has 102 valence electrons. The van der Waals surface area contributed by atoms with E-state index in [0.29, 0.717) is 30.3 Å². The Hall–Kier alpha value is -2.08. The van der Waals surface area contributed by atoms with Crippen LogP contribution in [0.15, 0.2) is 22.6 Å². The summed E-state index contributed by atoms with van der Waals surface area (Å²) in [6.45, 7) is 3.56. The molecule has 0 fully saturated rings. The second-order valence-corrected chi connectivity index (χ2v) is 4.31. The summed E-state index contributed by atoms with van der Waals surface area (Å²) in [7, 11) is 1.62. The third-order valence-corrected chi connectivity index (χ3v) is 2.91. The number of likely N-dealkylation sites (N-methyl/N-ethyl adjacent to an activating group) is 2. The molecular formula is C13H18N4O2. The maximum atomic E-state index is 11.4. The van der Waals surface area contributed by atoms with E-state index in [1.807, 2.05) is 11.8 Å². The predicted molar refractivity (Wildman–Crippen MR) is 73.4 cm³/mol. The van der Waals surface area contributed by atoms with Gasteiger partial charge in [-0.1, -0.05) is 6.92 Å². The zero-order valence-electron chi connectivity index (χ0n) is 11.1. The summed E-state index contributed by atoms with van der Waals surface area (Å²) in [5.74, 6) is 0.563. The summed E-state index contributed by atoms with van der Waals surface area (Å²) in [5, 5.41) is 2.60. The number of nitrogen functional groups attached to an aromatic ring is 1.